The van der Waals surface area contributed by atoms with Crippen LogP contribution in [0.25, 0.3) is 72.9 Å². The van der Waals surface area contributed by atoms with E-state index in [1.165, 1.54) is 5.56 Å². The van der Waals surface area contributed by atoms with E-state index in [1.807, 2.05) is 72.8 Å². The minimum Gasteiger partial charge on any atom is -0.276 e. The second-order valence-electron chi connectivity index (χ2n) is 10.5. The minimum atomic E-state index is 0.841. The highest BCUT2D eigenvalue weighted by Gasteiger charge is 2.15. The lowest BCUT2D eigenvalue weighted by Gasteiger charge is -2.10. The van der Waals surface area contributed by atoms with Crippen molar-refractivity contribution >= 4 is 27.6 Å². The molecule has 0 radical (unpaired) electrons. The molecule has 4 heterocycles. The maximum absolute atomic E-state index is 5.09. The summed E-state index contributed by atoms with van der Waals surface area (Å²) in [5, 5.41) is 1.04. The van der Waals surface area contributed by atoms with E-state index in [0.29, 0.717) is 0 Å². The van der Waals surface area contributed by atoms with Crippen LogP contribution in [-0.2, 0) is 0 Å². The number of rotatable bonds is 4. The van der Waals surface area contributed by atoms with Gasteiger partial charge in [0.25, 0.3) is 0 Å². The Morgan fingerprint density at radius 2 is 0.976 bits per heavy atom. The SMILES string of the molecule is Cc1ccc(-c2cccc(-c3cccc(-c4ccc(-c5nc6ccccc6c6nc7ccccc7n56)cc4)n3)n2)cc1. The number of imidazole rings is 1. The predicted molar refractivity (Wildman–Crippen MR) is 170 cm³/mol. The molecule has 0 aliphatic heterocycles. The van der Waals surface area contributed by atoms with E-state index in [2.05, 4.69) is 72.0 Å². The van der Waals surface area contributed by atoms with Crippen LogP contribution in [0.1, 0.15) is 5.56 Å². The molecule has 0 aliphatic carbocycles. The number of benzene rings is 4. The summed E-state index contributed by atoms with van der Waals surface area (Å²) >= 11 is 0. The highest BCUT2D eigenvalue weighted by molar-refractivity contribution is 5.98. The summed E-state index contributed by atoms with van der Waals surface area (Å²) in [7, 11) is 0. The number of hydrogen-bond acceptors (Lipinski definition) is 4. The van der Waals surface area contributed by atoms with E-state index in [0.717, 1.165) is 72.9 Å². The quantitative estimate of drug-likeness (QED) is 0.224. The Morgan fingerprint density at radius 1 is 0.429 bits per heavy atom. The first-order chi connectivity index (χ1) is 20.7. The van der Waals surface area contributed by atoms with Crippen LogP contribution < -0.4 is 0 Å². The second-order valence-corrected chi connectivity index (χ2v) is 10.5. The number of nitrogens with zero attached hydrogens (tertiary/aromatic N) is 5. The summed E-state index contributed by atoms with van der Waals surface area (Å²) in [4.78, 5) is 20.0. The Hall–Kier alpha value is -5.68. The largest absolute Gasteiger partial charge is 0.276 e. The van der Waals surface area contributed by atoms with Gasteiger partial charge in [0.1, 0.15) is 11.5 Å². The Labute approximate surface area is 242 Å². The molecule has 0 saturated carbocycles. The first-order valence-corrected chi connectivity index (χ1v) is 14.0. The molecule has 8 aromatic rings. The number of hydrogen-bond donors (Lipinski definition) is 0. The van der Waals surface area contributed by atoms with Crippen LogP contribution in [0.2, 0.25) is 0 Å². The van der Waals surface area contributed by atoms with Crippen LogP contribution in [-0.4, -0.2) is 24.3 Å². The average molecular weight is 540 g/mol. The Kier molecular flexibility index (Phi) is 5.61. The van der Waals surface area contributed by atoms with Gasteiger partial charge in [-0.2, -0.15) is 0 Å². The summed E-state index contributed by atoms with van der Waals surface area (Å²) in [5.74, 6) is 0.864. The van der Waals surface area contributed by atoms with Crippen molar-refractivity contribution in [2.75, 3.05) is 0 Å². The number of aromatic nitrogens is 5. The van der Waals surface area contributed by atoms with Gasteiger partial charge < -0.3 is 0 Å². The van der Waals surface area contributed by atoms with E-state index in [9.17, 15) is 0 Å². The third-order valence-corrected chi connectivity index (χ3v) is 7.69. The fraction of sp³-hybridized carbons (Fsp3) is 0.0270. The molecule has 5 heteroatoms. The summed E-state index contributed by atoms with van der Waals surface area (Å²) < 4.78 is 2.16. The van der Waals surface area contributed by atoms with Crippen molar-refractivity contribution in [1.29, 1.82) is 0 Å². The number of para-hydroxylation sites is 3. The summed E-state index contributed by atoms with van der Waals surface area (Å²) in [6.45, 7) is 2.09. The Morgan fingerprint density at radius 3 is 1.67 bits per heavy atom. The zero-order valence-corrected chi connectivity index (χ0v) is 22.9. The average Bonchev–Trinajstić information content (AvgIpc) is 3.45. The molecule has 0 bridgehead atoms. The van der Waals surface area contributed by atoms with Crippen molar-refractivity contribution in [2.45, 2.75) is 6.92 Å². The summed E-state index contributed by atoms with van der Waals surface area (Å²) in [5.41, 5.74) is 11.7. The van der Waals surface area contributed by atoms with Gasteiger partial charge in [-0.1, -0.05) is 90.5 Å². The van der Waals surface area contributed by atoms with Gasteiger partial charge in [-0.05, 0) is 55.5 Å². The van der Waals surface area contributed by atoms with Crippen molar-refractivity contribution < 1.29 is 0 Å². The van der Waals surface area contributed by atoms with Crippen LogP contribution >= 0.6 is 0 Å². The van der Waals surface area contributed by atoms with Gasteiger partial charge in [0.05, 0.1) is 39.3 Å². The normalized spacial score (nSPS) is 11.5. The van der Waals surface area contributed by atoms with Gasteiger partial charge in [-0.3, -0.25) is 4.40 Å². The molecule has 0 N–H and O–H groups in total. The van der Waals surface area contributed by atoms with Crippen LogP contribution in [0.15, 0.2) is 133 Å². The topological polar surface area (TPSA) is 56.0 Å². The van der Waals surface area contributed by atoms with Gasteiger partial charge >= 0.3 is 0 Å². The lowest BCUT2D eigenvalue weighted by molar-refractivity contribution is 1.16. The van der Waals surface area contributed by atoms with Gasteiger partial charge in [0.2, 0.25) is 0 Å². The van der Waals surface area contributed by atoms with E-state index >= 15 is 0 Å². The summed E-state index contributed by atoms with van der Waals surface area (Å²) in [6.07, 6.45) is 0. The molecule has 0 saturated heterocycles. The molecule has 4 aromatic heterocycles. The van der Waals surface area contributed by atoms with Gasteiger partial charge in [0, 0.05) is 22.1 Å². The van der Waals surface area contributed by atoms with Crippen molar-refractivity contribution in [3.05, 3.63) is 139 Å². The van der Waals surface area contributed by atoms with Crippen LogP contribution in [0.3, 0.4) is 0 Å². The number of aryl methyl sites for hydroxylation is 1. The molecule has 5 nitrogen and oxygen atoms in total. The van der Waals surface area contributed by atoms with Crippen molar-refractivity contribution in [3.63, 3.8) is 0 Å². The number of fused-ring (bicyclic) bond motifs is 5. The standard InChI is InChI=1S/C37H25N5/c1-24-16-18-25(19-17-24)29-11-6-13-32(38-29)33-14-7-12-30(39-33)26-20-22-27(23-21-26)36-40-31-9-3-2-8-28(31)37-41-34-10-4-5-15-35(34)42(36)37/h2-23H,1H3. The van der Waals surface area contributed by atoms with E-state index in [4.69, 9.17) is 19.9 Å². The van der Waals surface area contributed by atoms with E-state index in [-0.39, 0.29) is 0 Å². The zero-order valence-electron chi connectivity index (χ0n) is 22.9. The lowest BCUT2D eigenvalue weighted by Crippen LogP contribution is -1.98. The second kappa shape index (κ2) is 9.75. The van der Waals surface area contributed by atoms with Gasteiger partial charge in [-0.25, -0.2) is 19.9 Å². The maximum atomic E-state index is 5.09. The first-order valence-electron chi connectivity index (χ1n) is 14.0. The molecule has 198 valence electrons. The molecular formula is C37H25N5. The zero-order chi connectivity index (χ0) is 28.0. The highest BCUT2D eigenvalue weighted by atomic mass is 15.1. The monoisotopic (exact) mass is 539 g/mol. The maximum Gasteiger partial charge on any atom is 0.149 e. The Balaban J connectivity index is 1.18. The minimum absolute atomic E-state index is 0.841. The van der Waals surface area contributed by atoms with Gasteiger partial charge in [-0.15, -0.1) is 0 Å². The van der Waals surface area contributed by atoms with Crippen LogP contribution in [0.5, 0.6) is 0 Å². The summed E-state index contributed by atoms with van der Waals surface area (Å²) in [6, 6.07) is 45.5. The fourth-order valence-corrected chi connectivity index (χ4v) is 5.53. The molecule has 0 spiro atoms. The predicted octanol–water partition coefficient (Wildman–Crippen LogP) is 8.80. The molecule has 0 amide bonds. The molecular weight excluding hydrogens is 514 g/mol. The van der Waals surface area contributed by atoms with Crippen molar-refractivity contribution in [3.8, 4) is 45.3 Å². The first kappa shape index (κ1) is 24.1. The molecule has 4 aromatic carbocycles. The smallest absolute Gasteiger partial charge is 0.149 e. The third-order valence-electron chi connectivity index (χ3n) is 7.69. The molecule has 0 unspecified atom stereocenters. The van der Waals surface area contributed by atoms with Crippen LogP contribution in [0, 0.1) is 6.92 Å². The molecule has 0 atom stereocenters. The molecule has 0 fully saturated rings. The Bertz CT molecular complexity index is 2250. The molecule has 42 heavy (non-hydrogen) atoms. The fourth-order valence-electron chi connectivity index (χ4n) is 5.53. The third kappa shape index (κ3) is 4.11. The van der Waals surface area contributed by atoms with E-state index in [1.54, 1.807) is 0 Å². The van der Waals surface area contributed by atoms with E-state index < -0.39 is 0 Å². The number of pyridine rings is 2. The van der Waals surface area contributed by atoms with Crippen LogP contribution in [0.4, 0.5) is 0 Å². The highest BCUT2D eigenvalue weighted by Crippen LogP contribution is 2.31. The van der Waals surface area contributed by atoms with Gasteiger partial charge in [0.15, 0.2) is 0 Å². The van der Waals surface area contributed by atoms with Crippen molar-refractivity contribution in [2.24, 2.45) is 0 Å². The van der Waals surface area contributed by atoms with Crippen molar-refractivity contribution in [1.82, 2.24) is 24.3 Å². The lowest BCUT2D eigenvalue weighted by atomic mass is 10.1. The molecule has 8 rings (SSSR count). The molecule has 0 aliphatic rings.